The predicted octanol–water partition coefficient (Wildman–Crippen LogP) is 3.49. The van der Waals surface area contributed by atoms with E-state index in [1.165, 1.54) is 5.57 Å². The van der Waals surface area contributed by atoms with E-state index in [4.69, 9.17) is 9.72 Å². The van der Waals surface area contributed by atoms with Crippen molar-refractivity contribution in [2.75, 3.05) is 31.6 Å². The Kier molecular flexibility index (Phi) is 7.57. The summed E-state index contributed by atoms with van der Waals surface area (Å²) in [6.45, 7) is 7.58. The molecular formula is C28H37N5O3. The first-order chi connectivity index (χ1) is 17.5. The fraction of sp³-hybridized carbons (Fsp3) is 0.464. The lowest BCUT2D eigenvalue weighted by Gasteiger charge is -2.36. The number of pyridine rings is 1. The Labute approximate surface area is 213 Å². The van der Waals surface area contributed by atoms with Crippen LogP contribution < -0.4 is 10.6 Å². The number of ether oxygens (including phenoxy) is 1. The van der Waals surface area contributed by atoms with E-state index in [1.807, 2.05) is 47.6 Å². The van der Waals surface area contributed by atoms with Gasteiger partial charge in [-0.3, -0.25) is 9.88 Å². The lowest BCUT2D eigenvalue weighted by molar-refractivity contribution is 0.0150. The fourth-order valence-electron chi connectivity index (χ4n) is 5.24. The molecule has 2 aromatic heterocycles. The summed E-state index contributed by atoms with van der Waals surface area (Å²) in [7, 11) is 0. The van der Waals surface area contributed by atoms with Gasteiger partial charge in [0.1, 0.15) is 6.17 Å². The molecule has 0 aromatic carbocycles. The summed E-state index contributed by atoms with van der Waals surface area (Å²) < 4.78 is 7.48. The summed E-state index contributed by atoms with van der Waals surface area (Å²) in [6.07, 6.45) is 15.6. The number of aryl methyl sites for hydroxylation is 1. The van der Waals surface area contributed by atoms with Gasteiger partial charge in [-0.1, -0.05) is 12.2 Å². The van der Waals surface area contributed by atoms with E-state index in [9.17, 15) is 10.2 Å². The summed E-state index contributed by atoms with van der Waals surface area (Å²) in [5.74, 6) is 0. The van der Waals surface area contributed by atoms with Crippen molar-refractivity contribution in [3.05, 3.63) is 77.5 Å². The average Bonchev–Trinajstić information content (AvgIpc) is 3.40. The third kappa shape index (κ3) is 5.57. The first-order valence-corrected chi connectivity index (χ1v) is 12.9. The largest absolute Gasteiger partial charge is 0.389 e. The molecule has 0 amide bonds. The van der Waals surface area contributed by atoms with E-state index < -0.39 is 12.3 Å². The molecule has 8 nitrogen and oxygen atoms in total. The Bertz CT molecular complexity index is 1150. The minimum absolute atomic E-state index is 0.0664. The highest BCUT2D eigenvalue weighted by Crippen LogP contribution is 2.31. The monoisotopic (exact) mass is 491 g/mol. The number of aliphatic hydroxyl groups excluding tert-OH is 2. The Balaban J connectivity index is 1.19. The quantitative estimate of drug-likeness (QED) is 0.441. The van der Waals surface area contributed by atoms with Crippen LogP contribution in [0.1, 0.15) is 55.4 Å². The zero-order chi connectivity index (χ0) is 25.1. The molecule has 2 aliphatic heterocycles. The zero-order valence-corrected chi connectivity index (χ0v) is 21.1. The highest BCUT2D eigenvalue weighted by Gasteiger charge is 2.24. The Morgan fingerprint density at radius 1 is 1.25 bits per heavy atom. The van der Waals surface area contributed by atoms with Crippen LogP contribution in [0.5, 0.6) is 0 Å². The maximum atomic E-state index is 10.8. The second-order valence-corrected chi connectivity index (χ2v) is 9.93. The van der Waals surface area contributed by atoms with E-state index in [1.54, 1.807) is 6.92 Å². The number of nitrogens with zero attached hydrogens (tertiary/aromatic N) is 3. The van der Waals surface area contributed by atoms with Crippen LogP contribution in [0, 0.1) is 6.92 Å². The molecule has 192 valence electrons. The standard InChI is InChI=1S/C28H37N5O3/c1-19-15-24(17-30-27(19)21-3-6-25(7-4-21)32-11-13-36-14-12-32)31-28(35)23-9-10-33(18-23)26-8-5-22(16-29-26)20(2)34/h3,5,8-10,15-18,20,25-26,28-29,31,34-35H,4,6-7,11-14H2,1-2H3. The maximum Gasteiger partial charge on any atom is 0.152 e. The van der Waals surface area contributed by atoms with Crippen LogP contribution in [0.3, 0.4) is 0 Å². The third-order valence-corrected chi connectivity index (χ3v) is 7.38. The molecule has 1 saturated heterocycles. The van der Waals surface area contributed by atoms with Crippen LogP contribution in [0.2, 0.25) is 0 Å². The SMILES string of the molecule is Cc1cc(NC(O)c2ccn(C3C=CC(C(C)O)=CN3)c2)cnc1C1=CCC(N2CCOCC2)CC1. The number of allylic oxidation sites excluding steroid dienone is 1. The molecule has 3 aliphatic rings. The fourth-order valence-corrected chi connectivity index (χ4v) is 5.24. The van der Waals surface area contributed by atoms with Gasteiger partial charge in [0.15, 0.2) is 6.23 Å². The molecule has 0 bridgehead atoms. The van der Waals surface area contributed by atoms with Crippen molar-refractivity contribution in [1.82, 2.24) is 19.8 Å². The molecule has 4 unspecified atom stereocenters. The summed E-state index contributed by atoms with van der Waals surface area (Å²) in [6, 6.07) is 4.57. The third-order valence-electron chi connectivity index (χ3n) is 7.38. The maximum absolute atomic E-state index is 10.8. The number of morpholine rings is 1. The number of rotatable bonds is 7. The van der Waals surface area contributed by atoms with Gasteiger partial charge in [-0.15, -0.1) is 0 Å². The molecular weight excluding hydrogens is 454 g/mol. The van der Waals surface area contributed by atoms with Gasteiger partial charge >= 0.3 is 0 Å². The summed E-state index contributed by atoms with van der Waals surface area (Å²) in [5.41, 5.74) is 5.88. The molecule has 1 fully saturated rings. The van der Waals surface area contributed by atoms with E-state index in [2.05, 4.69) is 34.6 Å². The number of dihydropyridines is 1. The number of hydrogen-bond donors (Lipinski definition) is 4. The Morgan fingerprint density at radius 2 is 2.08 bits per heavy atom. The average molecular weight is 492 g/mol. The predicted molar refractivity (Wildman–Crippen MR) is 141 cm³/mol. The van der Waals surface area contributed by atoms with Crippen LogP contribution in [0.4, 0.5) is 5.69 Å². The first-order valence-electron chi connectivity index (χ1n) is 12.9. The van der Waals surface area contributed by atoms with Gasteiger partial charge in [-0.25, -0.2) is 0 Å². The molecule has 4 N–H and O–H groups in total. The molecule has 0 spiro atoms. The van der Waals surface area contributed by atoms with Crippen molar-refractivity contribution in [3.8, 4) is 0 Å². The second kappa shape index (κ2) is 11.0. The van der Waals surface area contributed by atoms with E-state index in [0.717, 1.165) is 73.6 Å². The lowest BCUT2D eigenvalue weighted by atomic mass is 9.90. The number of aromatic nitrogens is 2. The summed E-state index contributed by atoms with van der Waals surface area (Å²) >= 11 is 0. The minimum Gasteiger partial charge on any atom is -0.389 e. The normalized spacial score (nSPS) is 24.4. The lowest BCUT2D eigenvalue weighted by Crippen LogP contribution is -2.43. The Hall–Kier alpha value is -2.91. The van der Waals surface area contributed by atoms with Crippen LogP contribution in [-0.4, -0.2) is 63.1 Å². The van der Waals surface area contributed by atoms with E-state index in [-0.39, 0.29) is 6.17 Å². The van der Waals surface area contributed by atoms with Crippen molar-refractivity contribution >= 4 is 11.3 Å². The van der Waals surface area contributed by atoms with Crippen molar-refractivity contribution in [2.45, 2.75) is 57.6 Å². The van der Waals surface area contributed by atoms with Gasteiger partial charge in [-0.2, -0.15) is 0 Å². The summed E-state index contributed by atoms with van der Waals surface area (Å²) in [5, 5.41) is 26.9. The van der Waals surface area contributed by atoms with Gasteiger partial charge in [0, 0.05) is 43.3 Å². The van der Waals surface area contributed by atoms with Crippen LogP contribution in [0.15, 0.2) is 60.7 Å². The zero-order valence-electron chi connectivity index (χ0n) is 21.1. The number of aliphatic hydroxyl groups is 2. The van der Waals surface area contributed by atoms with Gasteiger partial charge in [0.25, 0.3) is 0 Å². The molecule has 2 aromatic rings. The number of anilines is 1. The highest BCUT2D eigenvalue weighted by atomic mass is 16.5. The molecule has 1 aliphatic carbocycles. The van der Waals surface area contributed by atoms with Crippen molar-refractivity contribution < 1.29 is 14.9 Å². The molecule has 0 radical (unpaired) electrons. The Morgan fingerprint density at radius 3 is 2.75 bits per heavy atom. The van der Waals surface area contributed by atoms with E-state index >= 15 is 0 Å². The molecule has 4 heterocycles. The van der Waals surface area contributed by atoms with Crippen LogP contribution in [0.25, 0.3) is 5.57 Å². The van der Waals surface area contributed by atoms with Gasteiger partial charge in [0.05, 0.1) is 36.9 Å². The smallest absolute Gasteiger partial charge is 0.152 e. The van der Waals surface area contributed by atoms with E-state index in [0.29, 0.717) is 6.04 Å². The van der Waals surface area contributed by atoms with Crippen LogP contribution in [-0.2, 0) is 4.74 Å². The molecule has 0 saturated carbocycles. The van der Waals surface area contributed by atoms with Gasteiger partial charge < -0.3 is 30.2 Å². The summed E-state index contributed by atoms with van der Waals surface area (Å²) in [4.78, 5) is 7.32. The van der Waals surface area contributed by atoms with Gasteiger partial charge in [0.2, 0.25) is 0 Å². The number of hydrogen-bond acceptors (Lipinski definition) is 7. The van der Waals surface area contributed by atoms with Crippen molar-refractivity contribution in [1.29, 1.82) is 0 Å². The van der Waals surface area contributed by atoms with Crippen molar-refractivity contribution in [2.24, 2.45) is 0 Å². The van der Waals surface area contributed by atoms with Crippen LogP contribution >= 0.6 is 0 Å². The first kappa shape index (κ1) is 24.8. The highest BCUT2D eigenvalue weighted by molar-refractivity contribution is 5.67. The molecule has 4 atom stereocenters. The molecule has 36 heavy (non-hydrogen) atoms. The molecule has 8 heteroatoms. The number of nitrogens with one attached hydrogen (secondary N) is 2. The van der Waals surface area contributed by atoms with Crippen molar-refractivity contribution in [3.63, 3.8) is 0 Å². The van der Waals surface area contributed by atoms with Gasteiger partial charge in [-0.05, 0) is 68.0 Å². The second-order valence-electron chi connectivity index (χ2n) is 9.93. The molecule has 5 rings (SSSR count). The topological polar surface area (TPSA) is 94.8 Å². The minimum atomic E-state index is -0.849.